The minimum absolute atomic E-state index is 0. The molecule has 0 amide bonds. The fraction of sp³-hybridized carbons (Fsp3) is 0.387. The maximum Gasteiger partial charge on any atom is 0.220 e. The van der Waals surface area contributed by atoms with Gasteiger partial charge in [0.15, 0.2) is 0 Å². The Hall–Kier alpha value is -3.80. The first-order valence-corrected chi connectivity index (χ1v) is 12.5. The van der Waals surface area contributed by atoms with Crippen molar-refractivity contribution in [2.75, 3.05) is 18.2 Å². The van der Waals surface area contributed by atoms with Crippen molar-refractivity contribution < 1.29 is 7.96 Å². The maximum atomic E-state index is 7.00. The number of hydrogen-bond acceptors (Lipinski definition) is 7. The Kier molecular flexibility index (Phi) is 15.2. The van der Waals surface area contributed by atoms with Crippen LogP contribution in [-0.2, 0) is 5.41 Å². The Balaban J connectivity index is -0.000000908. The Labute approximate surface area is 232 Å². The van der Waals surface area contributed by atoms with Crippen LogP contribution in [-0.4, -0.2) is 32.2 Å². The van der Waals surface area contributed by atoms with Crippen molar-refractivity contribution in [3.63, 3.8) is 0 Å². The van der Waals surface area contributed by atoms with Gasteiger partial charge < -0.3 is 16.2 Å². The molecule has 7 heteroatoms. The zero-order valence-corrected chi connectivity index (χ0v) is 24.6. The van der Waals surface area contributed by atoms with Crippen LogP contribution >= 0.6 is 0 Å². The molecule has 0 atom stereocenters. The van der Waals surface area contributed by atoms with Crippen molar-refractivity contribution >= 4 is 11.6 Å². The van der Waals surface area contributed by atoms with Gasteiger partial charge in [0.2, 0.25) is 5.95 Å². The number of aliphatic hydroxyl groups excluding tert-OH is 1. The Morgan fingerprint density at radius 3 is 2.05 bits per heavy atom. The van der Waals surface area contributed by atoms with Gasteiger partial charge in [0.1, 0.15) is 0 Å². The van der Waals surface area contributed by atoms with Crippen molar-refractivity contribution in [1.82, 2.24) is 19.9 Å². The Bertz CT molecular complexity index is 1160. The van der Waals surface area contributed by atoms with Gasteiger partial charge in [-0.15, -0.1) is 12.3 Å². The number of hydrogen-bond donors (Lipinski definition) is 3. The number of anilines is 2. The smallest absolute Gasteiger partial charge is 0.220 e. The van der Waals surface area contributed by atoms with E-state index in [4.69, 9.17) is 10.8 Å². The number of nitrogens with two attached hydrogens (primary N) is 1. The summed E-state index contributed by atoms with van der Waals surface area (Å²) in [5.74, 6) is 0.243. The van der Waals surface area contributed by atoms with Gasteiger partial charge in [0.25, 0.3) is 0 Å². The molecule has 3 rings (SSSR count). The largest absolute Gasteiger partial charge is 0.400 e. The summed E-state index contributed by atoms with van der Waals surface area (Å²) in [5.41, 5.74) is 14.0. The Morgan fingerprint density at radius 1 is 1.05 bits per heavy atom. The first-order valence-electron chi connectivity index (χ1n) is 12.5. The lowest BCUT2D eigenvalue weighted by Crippen LogP contribution is -2.26. The van der Waals surface area contributed by atoms with E-state index in [-0.39, 0.29) is 8.80 Å². The number of aromatic nitrogens is 4. The van der Waals surface area contributed by atoms with Crippen molar-refractivity contribution in [1.29, 1.82) is 0 Å². The molecule has 38 heavy (non-hydrogen) atoms. The highest BCUT2D eigenvalue weighted by atomic mass is 16.2. The van der Waals surface area contributed by atoms with E-state index in [0.717, 1.165) is 47.6 Å². The highest BCUT2D eigenvalue weighted by Gasteiger charge is 2.28. The third-order valence-electron chi connectivity index (χ3n) is 4.61. The zero-order chi connectivity index (χ0) is 29.4. The molecule has 7 nitrogen and oxygen atoms in total. The average molecular weight is 523 g/mol. The first-order chi connectivity index (χ1) is 17.8. The van der Waals surface area contributed by atoms with E-state index < -0.39 is 5.41 Å². The fourth-order valence-electron chi connectivity index (χ4n) is 2.74. The summed E-state index contributed by atoms with van der Waals surface area (Å²) in [5, 5.41) is 10.4. The molecule has 0 spiro atoms. The van der Waals surface area contributed by atoms with Crippen molar-refractivity contribution in [2.45, 2.75) is 67.2 Å². The van der Waals surface area contributed by atoms with E-state index >= 15 is 0 Å². The SMILES string of the molecule is C=C=C(Nc1ccc(-c2cncc(C)n2)cc1)C(C)(C)c1ccnc(N)n1.C=CCC.CC(C)(C)C.CO.[HH].[HH]. The normalized spacial score (nSPS) is 10.2. The van der Waals surface area contributed by atoms with Crippen LogP contribution in [0, 0.1) is 12.3 Å². The number of nitrogens with one attached hydrogen (secondary N) is 1. The highest BCUT2D eigenvalue weighted by Crippen LogP contribution is 2.31. The number of aliphatic hydroxyl groups is 1. The zero-order valence-electron chi connectivity index (χ0n) is 24.6. The van der Waals surface area contributed by atoms with Crippen LogP contribution in [0.4, 0.5) is 11.6 Å². The molecule has 1 aromatic carbocycles. The van der Waals surface area contributed by atoms with E-state index in [2.05, 4.69) is 78.8 Å². The van der Waals surface area contributed by atoms with Gasteiger partial charge in [-0.25, -0.2) is 15.0 Å². The number of rotatable bonds is 6. The molecule has 0 bridgehead atoms. The van der Waals surface area contributed by atoms with Crippen LogP contribution in [0.1, 0.15) is 69.1 Å². The molecule has 3 aromatic rings. The van der Waals surface area contributed by atoms with Crippen molar-refractivity contribution in [2.24, 2.45) is 5.41 Å². The molecular weight excluding hydrogens is 472 g/mol. The lowest BCUT2D eigenvalue weighted by molar-refractivity contribution is 0.399. The minimum atomic E-state index is -0.459. The molecule has 0 aliphatic heterocycles. The summed E-state index contributed by atoms with van der Waals surface area (Å²) in [6.45, 7) is 24.1. The third kappa shape index (κ3) is 12.9. The van der Waals surface area contributed by atoms with Gasteiger partial charge in [-0.05, 0) is 50.8 Å². The summed E-state index contributed by atoms with van der Waals surface area (Å²) in [6, 6.07) is 9.82. The molecule has 210 valence electrons. The topological polar surface area (TPSA) is 110 Å². The second-order valence-electron chi connectivity index (χ2n) is 10.4. The summed E-state index contributed by atoms with van der Waals surface area (Å²) < 4.78 is 0. The second kappa shape index (κ2) is 16.8. The van der Waals surface area contributed by atoms with Crippen LogP contribution in [0.3, 0.4) is 0 Å². The predicted octanol–water partition coefficient (Wildman–Crippen LogP) is 7.62. The number of nitrogen functional groups attached to an aromatic ring is 1. The lowest BCUT2D eigenvalue weighted by atomic mass is 9.85. The molecule has 2 aromatic heterocycles. The molecule has 0 saturated carbocycles. The second-order valence-corrected chi connectivity index (χ2v) is 10.4. The quantitative estimate of drug-likeness (QED) is 0.225. The van der Waals surface area contributed by atoms with E-state index in [9.17, 15) is 0 Å². The monoisotopic (exact) mass is 522 g/mol. The van der Waals surface area contributed by atoms with Gasteiger partial charge in [0, 0.05) is 33.6 Å². The molecule has 0 fully saturated rings. The molecule has 0 saturated heterocycles. The number of aryl methyl sites for hydroxylation is 1. The van der Waals surface area contributed by atoms with Gasteiger partial charge in [-0.3, -0.25) is 4.98 Å². The van der Waals surface area contributed by atoms with E-state index in [1.165, 1.54) is 0 Å². The minimum Gasteiger partial charge on any atom is -0.400 e. The van der Waals surface area contributed by atoms with Gasteiger partial charge >= 0.3 is 0 Å². The first kappa shape index (κ1) is 34.2. The van der Waals surface area contributed by atoms with Crippen LogP contribution < -0.4 is 11.1 Å². The Morgan fingerprint density at radius 2 is 1.61 bits per heavy atom. The molecule has 0 aliphatic carbocycles. The summed E-state index contributed by atoms with van der Waals surface area (Å²) in [4.78, 5) is 17.0. The van der Waals surface area contributed by atoms with E-state index in [0.29, 0.717) is 5.41 Å². The number of allylic oxidation sites excluding steroid dienone is 2. The van der Waals surface area contributed by atoms with Crippen molar-refractivity contribution in [3.8, 4) is 11.3 Å². The van der Waals surface area contributed by atoms with Crippen LogP contribution in [0.25, 0.3) is 11.3 Å². The average Bonchev–Trinajstić information content (AvgIpc) is 2.88. The van der Waals surface area contributed by atoms with Crippen LogP contribution in [0.5, 0.6) is 0 Å². The molecule has 0 unspecified atom stereocenters. The van der Waals surface area contributed by atoms with Gasteiger partial charge in [-0.2, -0.15) is 0 Å². The standard InChI is InChI=1S/C21H22N6.C5H12.C4H8.CH4O.2H2/c1-5-18(21(3,4)19-10-11-24-20(22)27-19)26-16-8-6-15(7-9-16)17-13-23-12-14(2)25-17;1-5(2,3)4;1-3-4-2;1-2;;/h6-13,26H,1H2,2-4H3,(H2,22,24,27);1-4H3;3H,1,4H2,2H3;2H,1H3;2*1H. The summed E-state index contributed by atoms with van der Waals surface area (Å²) >= 11 is 0. The summed E-state index contributed by atoms with van der Waals surface area (Å²) in [6.07, 6.45) is 8.10. The van der Waals surface area contributed by atoms with E-state index in [1.807, 2.05) is 57.2 Å². The van der Waals surface area contributed by atoms with Gasteiger partial charge in [0.05, 0.1) is 34.4 Å². The molecular formula is C31H50N6O. The number of benzene rings is 1. The van der Waals surface area contributed by atoms with Gasteiger partial charge in [-0.1, -0.05) is 59.4 Å². The number of nitrogens with zero attached hydrogens (tertiary/aromatic N) is 4. The summed E-state index contributed by atoms with van der Waals surface area (Å²) in [7, 11) is 1.00. The molecule has 4 N–H and O–H groups in total. The molecule has 0 radical (unpaired) electrons. The van der Waals surface area contributed by atoms with Crippen LogP contribution in [0.15, 0.2) is 79.6 Å². The highest BCUT2D eigenvalue weighted by molar-refractivity contribution is 5.63. The lowest BCUT2D eigenvalue weighted by Gasteiger charge is -2.27. The molecule has 0 aliphatic rings. The third-order valence-corrected chi connectivity index (χ3v) is 4.61. The van der Waals surface area contributed by atoms with E-state index in [1.54, 1.807) is 18.6 Å². The fourth-order valence-corrected chi connectivity index (χ4v) is 2.74. The van der Waals surface area contributed by atoms with Crippen LogP contribution in [0.2, 0.25) is 0 Å². The van der Waals surface area contributed by atoms with Crippen molar-refractivity contribution in [3.05, 3.63) is 91.0 Å². The molecule has 2 heterocycles. The maximum absolute atomic E-state index is 7.00. The predicted molar refractivity (Wildman–Crippen MR) is 166 cm³/mol.